The van der Waals surface area contributed by atoms with Crippen LogP contribution < -0.4 is 0 Å². The van der Waals surface area contributed by atoms with E-state index in [-0.39, 0.29) is 5.78 Å². The quantitative estimate of drug-likeness (QED) is 0.468. The third kappa shape index (κ3) is 3.32. The predicted octanol–water partition coefficient (Wildman–Crippen LogP) is 3.82. The Balaban J connectivity index is 2.14. The van der Waals surface area contributed by atoms with Gasteiger partial charge in [-0.25, -0.2) is 0 Å². The van der Waals surface area contributed by atoms with Crippen LogP contribution in [0.5, 0.6) is 0 Å². The Morgan fingerprint density at radius 1 is 1.00 bits per heavy atom. The fourth-order valence-corrected chi connectivity index (χ4v) is 1.84. The molecule has 2 aromatic rings. The van der Waals surface area contributed by atoms with Crippen molar-refractivity contribution in [2.75, 3.05) is 0 Å². The van der Waals surface area contributed by atoms with Crippen molar-refractivity contribution in [1.82, 2.24) is 0 Å². The average Bonchev–Trinajstić information content (AvgIpc) is 2.46. The van der Waals surface area contributed by atoms with E-state index in [1.807, 2.05) is 42.5 Å². The second kappa shape index (κ2) is 6.18. The number of rotatable bonds is 2. The molecule has 0 radical (unpaired) electrons. The first kappa shape index (κ1) is 12.6. The minimum Gasteiger partial charge on any atom is -0.279 e. The molecule has 0 unspecified atom stereocenters. The lowest BCUT2D eigenvalue weighted by atomic mass is 10.1. The molecule has 2 heteroatoms. The summed E-state index contributed by atoms with van der Waals surface area (Å²) in [5, 5.41) is 0.823. The van der Waals surface area contributed by atoms with E-state index in [9.17, 15) is 4.79 Å². The van der Waals surface area contributed by atoms with E-state index in [1.165, 1.54) is 5.56 Å². The van der Waals surface area contributed by atoms with Crippen LogP contribution in [0.2, 0.25) is 0 Å². The zero-order valence-corrected chi connectivity index (χ0v) is 11.3. The number of carbonyl (C=O) groups excluding carboxylic acids is 1. The van der Waals surface area contributed by atoms with E-state index in [0.29, 0.717) is 5.56 Å². The molecule has 18 heavy (non-hydrogen) atoms. The minimum atomic E-state index is -0.153. The van der Waals surface area contributed by atoms with E-state index in [0.717, 1.165) is 10.9 Å². The summed E-state index contributed by atoms with van der Waals surface area (Å²) in [6.07, 6.45) is 0. The fourth-order valence-electron chi connectivity index (χ4n) is 1.47. The Morgan fingerprint density at radius 3 is 2.28 bits per heavy atom. The molecule has 0 fully saturated rings. The Labute approximate surface area is 115 Å². The van der Waals surface area contributed by atoms with Crippen molar-refractivity contribution in [2.45, 2.75) is 5.33 Å². The van der Waals surface area contributed by atoms with Crippen LogP contribution in [0.15, 0.2) is 54.6 Å². The number of hydrogen-bond donors (Lipinski definition) is 0. The van der Waals surface area contributed by atoms with Gasteiger partial charge in [0.25, 0.3) is 0 Å². The highest BCUT2D eigenvalue weighted by Crippen LogP contribution is 2.07. The summed E-state index contributed by atoms with van der Waals surface area (Å²) in [6.45, 7) is 0. The number of carbonyl (C=O) groups is 1. The van der Waals surface area contributed by atoms with E-state index in [4.69, 9.17) is 0 Å². The fraction of sp³-hybridized carbons (Fsp3) is 0.0625. The molecule has 0 amide bonds. The number of halogens is 1. The Hall–Kier alpha value is -1.85. The first-order chi connectivity index (χ1) is 8.79. The predicted molar refractivity (Wildman–Crippen MR) is 76.7 cm³/mol. The average molecular weight is 299 g/mol. The van der Waals surface area contributed by atoms with Crippen LogP contribution in [-0.4, -0.2) is 5.78 Å². The summed E-state index contributed by atoms with van der Waals surface area (Å²) in [5.74, 6) is 5.38. The topological polar surface area (TPSA) is 17.1 Å². The van der Waals surface area contributed by atoms with E-state index in [1.54, 1.807) is 12.1 Å². The Kier molecular flexibility index (Phi) is 4.33. The molecule has 0 aliphatic carbocycles. The van der Waals surface area contributed by atoms with Gasteiger partial charge in [0.1, 0.15) is 0 Å². The number of ketones is 1. The van der Waals surface area contributed by atoms with Crippen LogP contribution in [0.4, 0.5) is 0 Å². The maximum Gasteiger partial charge on any atom is 0.236 e. The van der Waals surface area contributed by atoms with Gasteiger partial charge in [-0.3, -0.25) is 4.79 Å². The van der Waals surface area contributed by atoms with Gasteiger partial charge in [0, 0.05) is 16.5 Å². The van der Waals surface area contributed by atoms with Crippen LogP contribution in [0.1, 0.15) is 21.5 Å². The van der Waals surface area contributed by atoms with E-state index in [2.05, 4.69) is 27.8 Å². The number of alkyl halides is 1. The van der Waals surface area contributed by atoms with E-state index < -0.39 is 0 Å². The normalized spacial score (nSPS) is 9.39. The number of Topliss-reactive ketones (excluding diaryl/α,β-unsaturated/α-hetero) is 1. The van der Waals surface area contributed by atoms with Gasteiger partial charge in [0.05, 0.1) is 0 Å². The SMILES string of the molecule is O=C(C#Cc1ccc(CBr)cc1)c1ccccc1. The zero-order chi connectivity index (χ0) is 12.8. The molecule has 0 saturated carbocycles. The largest absolute Gasteiger partial charge is 0.279 e. The van der Waals surface area contributed by atoms with Crippen molar-refractivity contribution >= 4 is 21.7 Å². The molecule has 2 rings (SSSR count). The lowest BCUT2D eigenvalue weighted by Gasteiger charge is -1.94. The van der Waals surface area contributed by atoms with Crippen molar-refractivity contribution in [3.8, 4) is 11.8 Å². The molecular formula is C16H11BrO. The van der Waals surface area contributed by atoms with Crippen LogP contribution in [0.25, 0.3) is 0 Å². The third-order valence-corrected chi connectivity index (χ3v) is 3.11. The summed E-state index contributed by atoms with van der Waals surface area (Å²) >= 11 is 3.38. The molecular weight excluding hydrogens is 288 g/mol. The molecule has 0 atom stereocenters. The molecule has 0 saturated heterocycles. The minimum absolute atomic E-state index is 0.153. The van der Waals surface area contributed by atoms with Crippen LogP contribution in [0, 0.1) is 11.8 Å². The van der Waals surface area contributed by atoms with Gasteiger partial charge in [0.2, 0.25) is 5.78 Å². The van der Waals surface area contributed by atoms with Gasteiger partial charge in [-0.1, -0.05) is 64.3 Å². The summed E-state index contributed by atoms with van der Waals surface area (Å²) in [5.41, 5.74) is 2.67. The van der Waals surface area contributed by atoms with Crippen molar-refractivity contribution in [2.24, 2.45) is 0 Å². The molecule has 0 heterocycles. The van der Waals surface area contributed by atoms with E-state index >= 15 is 0 Å². The summed E-state index contributed by atoms with van der Waals surface area (Å²) in [6, 6.07) is 16.9. The first-order valence-electron chi connectivity index (χ1n) is 5.56. The summed E-state index contributed by atoms with van der Waals surface area (Å²) < 4.78 is 0. The second-order valence-corrected chi connectivity index (χ2v) is 4.34. The molecule has 0 aliphatic heterocycles. The van der Waals surface area contributed by atoms with Crippen LogP contribution >= 0.6 is 15.9 Å². The van der Waals surface area contributed by atoms with Crippen LogP contribution in [-0.2, 0) is 5.33 Å². The molecule has 88 valence electrons. The lowest BCUT2D eigenvalue weighted by molar-refractivity contribution is 0.105. The zero-order valence-electron chi connectivity index (χ0n) is 9.69. The molecule has 0 bridgehead atoms. The van der Waals surface area contributed by atoms with Crippen molar-refractivity contribution in [3.63, 3.8) is 0 Å². The highest BCUT2D eigenvalue weighted by atomic mass is 79.9. The molecule has 0 aliphatic rings. The lowest BCUT2D eigenvalue weighted by Crippen LogP contribution is -1.93. The standard InChI is InChI=1S/C16H11BrO/c17-12-14-8-6-13(7-9-14)10-11-16(18)15-4-2-1-3-5-15/h1-9H,12H2. The number of hydrogen-bond acceptors (Lipinski definition) is 1. The monoisotopic (exact) mass is 298 g/mol. The molecule has 1 nitrogen and oxygen atoms in total. The maximum absolute atomic E-state index is 11.8. The molecule has 0 N–H and O–H groups in total. The van der Waals surface area contributed by atoms with Gasteiger partial charge in [-0.05, 0) is 23.6 Å². The van der Waals surface area contributed by atoms with Gasteiger partial charge < -0.3 is 0 Å². The summed E-state index contributed by atoms with van der Waals surface area (Å²) in [4.78, 5) is 11.8. The Bertz CT molecular complexity index is 588. The molecule has 0 spiro atoms. The van der Waals surface area contributed by atoms with Gasteiger partial charge in [0.15, 0.2) is 0 Å². The van der Waals surface area contributed by atoms with Crippen molar-refractivity contribution < 1.29 is 4.79 Å². The molecule has 0 aromatic heterocycles. The third-order valence-electron chi connectivity index (χ3n) is 2.46. The van der Waals surface area contributed by atoms with Gasteiger partial charge >= 0.3 is 0 Å². The number of benzene rings is 2. The van der Waals surface area contributed by atoms with Crippen LogP contribution in [0.3, 0.4) is 0 Å². The maximum atomic E-state index is 11.8. The summed E-state index contributed by atoms with van der Waals surface area (Å²) in [7, 11) is 0. The van der Waals surface area contributed by atoms with Crippen molar-refractivity contribution in [3.05, 3.63) is 71.3 Å². The van der Waals surface area contributed by atoms with Gasteiger partial charge in [-0.15, -0.1) is 0 Å². The molecule has 2 aromatic carbocycles. The highest BCUT2D eigenvalue weighted by molar-refractivity contribution is 9.08. The first-order valence-corrected chi connectivity index (χ1v) is 6.68. The smallest absolute Gasteiger partial charge is 0.236 e. The Morgan fingerprint density at radius 2 is 1.67 bits per heavy atom. The van der Waals surface area contributed by atoms with Crippen molar-refractivity contribution in [1.29, 1.82) is 0 Å². The van der Waals surface area contributed by atoms with Gasteiger partial charge in [-0.2, -0.15) is 0 Å². The highest BCUT2D eigenvalue weighted by Gasteiger charge is 1.99. The second-order valence-electron chi connectivity index (χ2n) is 3.78.